The Morgan fingerprint density at radius 2 is 1.85 bits per heavy atom. The van der Waals surface area contributed by atoms with Gasteiger partial charge in [-0.05, 0) is 18.2 Å². The summed E-state index contributed by atoms with van der Waals surface area (Å²) >= 11 is 1.68. The highest BCUT2D eigenvalue weighted by Gasteiger charge is 2.06. The van der Waals surface area contributed by atoms with Crippen molar-refractivity contribution in [2.45, 2.75) is 10.6 Å². The number of aromatic nitrogens is 1. The Kier molecular flexibility index (Phi) is 3.74. The second-order valence-electron chi connectivity index (χ2n) is 4.41. The number of hydrogen-bond donors (Lipinski definition) is 1. The highest BCUT2D eigenvalue weighted by Crippen LogP contribution is 2.26. The molecule has 1 aromatic heterocycles. The summed E-state index contributed by atoms with van der Waals surface area (Å²) < 4.78 is 5.37. The molecule has 3 rings (SSSR count). The summed E-state index contributed by atoms with van der Waals surface area (Å²) in [5, 5.41) is 4.10. The minimum atomic E-state index is 0.739. The van der Waals surface area contributed by atoms with Crippen molar-refractivity contribution in [1.29, 1.82) is 0 Å². The van der Waals surface area contributed by atoms with Gasteiger partial charge in [0.2, 0.25) is 0 Å². The molecule has 20 heavy (non-hydrogen) atoms. The number of anilines is 1. The van der Waals surface area contributed by atoms with Crippen LogP contribution in [0, 0.1) is 0 Å². The van der Waals surface area contributed by atoms with Gasteiger partial charge in [-0.2, -0.15) is 0 Å². The van der Waals surface area contributed by atoms with Crippen LogP contribution in [0.2, 0.25) is 0 Å². The maximum Gasteiger partial charge on any atom is 0.147 e. The van der Waals surface area contributed by atoms with E-state index in [1.54, 1.807) is 11.8 Å². The van der Waals surface area contributed by atoms with E-state index in [-0.39, 0.29) is 0 Å². The van der Waals surface area contributed by atoms with Crippen LogP contribution in [0.3, 0.4) is 0 Å². The monoisotopic (exact) mass is 282 g/mol. The zero-order valence-electron chi connectivity index (χ0n) is 10.8. The lowest BCUT2D eigenvalue weighted by molar-refractivity contribution is 0.397. The average molecular weight is 282 g/mol. The number of hydrogen-bond acceptors (Lipinski definition) is 4. The highest BCUT2D eigenvalue weighted by atomic mass is 32.2. The van der Waals surface area contributed by atoms with Crippen molar-refractivity contribution in [3.05, 3.63) is 66.4 Å². The fourth-order valence-corrected chi connectivity index (χ4v) is 2.72. The number of benzene rings is 2. The van der Waals surface area contributed by atoms with E-state index in [1.807, 2.05) is 60.7 Å². The molecule has 0 bridgehead atoms. The molecule has 0 saturated carbocycles. The Labute approximate surface area is 121 Å². The first-order valence-electron chi connectivity index (χ1n) is 6.30. The van der Waals surface area contributed by atoms with E-state index < -0.39 is 0 Å². The SMILES string of the molecule is Nc1cccc(SCc2cc(-c3ccccc3)no2)c1. The standard InChI is InChI=1S/C16H14N2OS/c17-13-7-4-8-15(9-13)20-11-14-10-16(18-19-14)12-5-2-1-3-6-12/h1-10H,11,17H2. The van der Waals surface area contributed by atoms with E-state index in [9.17, 15) is 0 Å². The molecule has 0 spiro atoms. The van der Waals surface area contributed by atoms with Crippen molar-refractivity contribution in [3.8, 4) is 11.3 Å². The van der Waals surface area contributed by atoms with Gasteiger partial charge in [0.15, 0.2) is 0 Å². The summed E-state index contributed by atoms with van der Waals surface area (Å²) in [4.78, 5) is 1.13. The van der Waals surface area contributed by atoms with Crippen LogP contribution in [0.1, 0.15) is 5.76 Å². The van der Waals surface area contributed by atoms with Gasteiger partial charge in [-0.15, -0.1) is 11.8 Å². The third kappa shape index (κ3) is 3.03. The van der Waals surface area contributed by atoms with E-state index >= 15 is 0 Å². The lowest BCUT2D eigenvalue weighted by atomic mass is 10.1. The Bertz CT molecular complexity index is 694. The Morgan fingerprint density at radius 3 is 2.65 bits per heavy atom. The van der Waals surface area contributed by atoms with E-state index in [0.717, 1.165) is 33.4 Å². The van der Waals surface area contributed by atoms with Crippen LogP contribution in [-0.4, -0.2) is 5.16 Å². The molecule has 0 aliphatic heterocycles. The van der Waals surface area contributed by atoms with Gasteiger partial charge in [0.1, 0.15) is 11.5 Å². The summed E-state index contributed by atoms with van der Waals surface area (Å²) in [6.45, 7) is 0. The maximum atomic E-state index is 5.76. The number of rotatable bonds is 4. The van der Waals surface area contributed by atoms with E-state index in [0.29, 0.717) is 0 Å². The first kappa shape index (κ1) is 12.8. The van der Waals surface area contributed by atoms with Gasteiger partial charge in [-0.3, -0.25) is 0 Å². The highest BCUT2D eigenvalue weighted by molar-refractivity contribution is 7.98. The first-order valence-corrected chi connectivity index (χ1v) is 7.29. The van der Waals surface area contributed by atoms with Gasteiger partial charge in [0.25, 0.3) is 0 Å². The molecule has 2 N–H and O–H groups in total. The summed E-state index contributed by atoms with van der Waals surface area (Å²) in [5.41, 5.74) is 8.47. The molecular formula is C16H14N2OS. The summed E-state index contributed by atoms with van der Waals surface area (Å²) in [5.74, 6) is 1.60. The lowest BCUT2D eigenvalue weighted by Gasteiger charge is -1.99. The molecule has 0 unspecified atom stereocenters. The predicted octanol–water partition coefficient (Wildman–Crippen LogP) is 4.22. The molecule has 100 valence electrons. The number of nitrogens with zero attached hydrogens (tertiary/aromatic N) is 1. The van der Waals surface area contributed by atoms with Crippen molar-refractivity contribution < 1.29 is 4.52 Å². The predicted molar refractivity (Wildman–Crippen MR) is 82.4 cm³/mol. The zero-order valence-corrected chi connectivity index (χ0v) is 11.6. The Morgan fingerprint density at radius 1 is 1.00 bits per heavy atom. The maximum absolute atomic E-state index is 5.76. The van der Waals surface area contributed by atoms with Gasteiger partial charge >= 0.3 is 0 Å². The van der Waals surface area contributed by atoms with Crippen molar-refractivity contribution in [3.63, 3.8) is 0 Å². The third-order valence-electron chi connectivity index (χ3n) is 2.87. The molecule has 2 aromatic carbocycles. The first-order chi connectivity index (χ1) is 9.81. The smallest absolute Gasteiger partial charge is 0.147 e. The molecule has 0 aliphatic carbocycles. The van der Waals surface area contributed by atoms with Crippen LogP contribution >= 0.6 is 11.8 Å². The summed E-state index contributed by atoms with van der Waals surface area (Å²) in [7, 11) is 0. The van der Waals surface area contributed by atoms with Crippen molar-refractivity contribution in [1.82, 2.24) is 5.16 Å². The van der Waals surface area contributed by atoms with Crippen LogP contribution in [0.5, 0.6) is 0 Å². The fourth-order valence-electron chi connectivity index (χ4n) is 1.88. The van der Waals surface area contributed by atoms with E-state index in [1.165, 1.54) is 0 Å². The Balaban J connectivity index is 1.69. The van der Waals surface area contributed by atoms with Crippen LogP contribution in [0.15, 0.2) is 70.1 Å². The summed E-state index contributed by atoms with van der Waals surface area (Å²) in [6, 6.07) is 19.8. The molecule has 0 aliphatic rings. The zero-order chi connectivity index (χ0) is 13.8. The van der Waals surface area contributed by atoms with Gasteiger partial charge in [-0.1, -0.05) is 41.6 Å². The topological polar surface area (TPSA) is 52.0 Å². The molecule has 0 atom stereocenters. The second-order valence-corrected chi connectivity index (χ2v) is 5.45. The van der Waals surface area contributed by atoms with Crippen LogP contribution in [-0.2, 0) is 5.75 Å². The fraction of sp³-hybridized carbons (Fsp3) is 0.0625. The van der Waals surface area contributed by atoms with E-state index in [2.05, 4.69) is 5.16 Å². The molecule has 3 aromatic rings. The number of nitrogens with two attached hydrogens (primary N) is 1. The third-order valence-corrected chi connectivity index (χ3v) is 3.88. The normalized spacial score (nSPS) is 10.6. The van der Waals surface area contributed by atoms with Crippen LogP contribution in [0.25, 0.3) is 11.3 Å². The largest absolute Gasteiger partial charge is 0.399 e. The van der Waals surface area contributed by atoms with Gasteiger partial charge < -0.3 is 10.3 Å². The molecule has 0 amide bonds. The average Bonchev–Trinajstić information content (AvgIpc) is 2.95. The summed E-state index contributed by atoms with van der Waals surface area (Å²) in [6.07, 6.45) is 0. The van der Waals surface area contributed by atoms with Crippen LogP contribution < -0.4 is 5.73 Å². The van der Waals surface area contributed by atoms with Gasteiger partial charge in [0, 0.05) is 22.2 Å². The van der Waals surface area contributed by atoms with E-state index in [4.69, 9.17) is 10.3 Å². The molecule has 4 heteroatoms. The second kappa shape index (κ2) is 5.84. The quantitative estimate of drug-likeness (QED) is 0.575. The number of thioether (sulfide) groups is 1. The molecule has 0 radical (unpaired) electrons. The molecule has 3 nitrogen and oxygen atoms in total. The number of nitrogen functional groups attached to an aromatic ring is 1. The molecular weight excluding hydrogens is 268 g/mol. The van der Waals surface area contributed by atoms with Gasteiger partial charge in [-0.25, -0.2) is 0 Å². The van der Waals surface area contributed by atoms with Crippen molar-refractivity contribution in [2.24, 2.45) is 0 Å². The molecule has 1 heterocycles. The minimum absolute atomic E-state index is 0.739. The van der Waals surface area contributed by atoms with Crippen LogP contribution in [0.4, 0.5) is 5.69 Å². The molecule has 0 fully saturated rings. The lowest BCUT2D eigenvalue weighted by Crippen LogP contribution is -1.83. The Hall–Kier alpha value is -2.20. The van der Waals surface area contributed by atoms with Crippen molar-refractivity contribution >= 4 is 17.4 Å². The minimum Gasteiger partial charge on any atom is -0.399 e. The van der Waals surface area contributed by atoms with Gasteiger partial charge in [0.05, 0.1) is 5.75 Å². The molecule has 0 saturated heterocycles. The van der Waals surface area contributed by atoms with Crippen molar-refractivity contribution in [2.75, 3.05) is 5.73 Å².